The van der Waals surface area contributed by atoms with Crippen LogP contribution in [0, 0.1) is 6.92 Å². The van der Waals surface area contributed by atoms with Crippen LogP contribution in [0.25, 0.3) is 0 Å². The van der Waals surface area contributed by atoms with Gasteiger partial charge in [0.2, 0.25) is 0 Å². The second-order valence-corrected chi connectivity index (χ2v) is 6.94. The molecule has 0 heterocycles. The average Bonchev–Trinajstić information content (AvgIpc) is 2.38. The lowest BCUT2D eigenvalue weighted by Gasteiger charge is -2.15. The third-order valence-electron chi connectivity index (χ3n) is 2.95. The topological polar surface area (TPSA) is 9.23 Å². The normalized spacial score (nSPS) is 12.3. The molecule has 1 unspecified atom stereocenters. The molecule has 0 aromatic heterocycles. The zero-order valence-corrected chi connectivity index (χ0v) is 15.3. The summed E-state index contributed by atoms with van der Waals surface area (Å²) in [6.45, 7) is 2.05. The monoisotopic (exact) mass is 446 g/mol. The molecular formula is C15H13Br3O. The molecule has 0 aliphatic carbocycles. The van der Waals surface area contributed by atoms with Crippen molar-refractivity contribution in [3.05, 3.63) is 62.0 Å². The highest BCUT2D eigenvalue weighted by molar-refractivity contribution is 9.11. The van der Waals surface area contributed by atoms with E-state index in [0.29, 0.717) is 0 Å². The summed E-state index contributed by atoms with van der Waals surface area (Å²) in [6.07, 6.45) is 0. The van der Waals surface area contributed by atoms with Crippen molar-refractivity contribution in [3.63, 3.8) is 0 Å². The highest BCUT2D eigenvalue weighted by atomic mass is 79.9. The van der Waals surface area contributed by atoms with Crippen molar-refractivity contribution in [3.8, 4) is 5.75 Å². The molecule has 0 spiro atoms. The van der Waals surface area contributed by atoms with Crippen LogP contribution in [0.2, 0.25) is 0 Å². The molecule has 0 amide bonds. The summed E-state index contributed by atoms with van der Waals surface area (Å²) in [7, 11) is 1.69. The van der Waals surface area contributed by atoms with E-state index in [-0.39, 0.29) is 4.83 Å². The van der Waals surface area contributed by atoms with Crippen molar-refractivity contribution < 1.29 is 4.74 Å². The summed E-state index contributed by atoms with van der Waals surface area (Å²) in [5.74, 6) is 0.915. The number of halogens is 3. The molecule has 0 aliphatic heterocycles. The molecule has 1 atom stereocenters. The van der Waals surface area contributed by atoms with Gasteiger partial charge in [-0.3, -0.25) is 0 Å². The summed E-state index contributed by atoms with van der Waals surface area (Å²) in [5.41, 5.74) is 3.55. The Balaban J connectivity index is 2.38. The molecule has 100 valence electrons. The SMILES string of the molecule is COc1ccc(C(Br)c2ccc(Br)cc2Br)cc1C. The number of methoxy groups -OCH3 is 1. The predicted octanol–water partition coefficient (Wildman–Crippen LogP) is 6.01. The quantitative estimate of drug-likeness (QED) is 0.522. The van der Waals surface area contributed by atoms with Gasteiger partial charge in [0.05, 0.1) is 11.9 Å². The number of alkyl halides is 1. The fourth-order valence-electron chi connectivity index (χ4n) is 1.95. The summed E-state index contributed by atoms with van der Waals surface area (Å²) in [6, 6.07) is 12.4. The first-order valence-electron chi connectivity index (χ1n) is 5.76. The molecule has 0 saturated heterocycles. The molecule has 2 aromatic carbocycles. The van der Waals surface area contributed by atoms with E-state index in [9.17, 15) is 0 Å². The van der Waals surface area contributed by atoms with Crippen LogP contribution < -0.4 is 4.74 Å². The molecule has 2 aromatic rings. The van der Waals surface area contributed by atoms with E-state index in [2.05, 4.69) is 79.0 Å². The lowest BCUT2D eigenvalue weighted by atomic mass is 10.0. The van der Waals surface area contributed by atoms with Gasteiger partial charge in [-0.1, -0.05) is 66.0 Å². The van der Waals surface area contributed by atoms with Gasteiger partial charge in [-0.15, -0.1) is 0 Å². The van der Waals surface area contributed by atoms with Crippen molar-refractivity contribution in [2.75, 3.05) is 7.11 Å². The van der Waals surface area contributed by atoms with Gasteiger partial charge >= 0.3 is 0 Å². The zero-order chi connectivity index (χ0) is 14.0. The fraction of sp³-hybridized carbons (Fsp3) is 0.200. The summed E-state index contributed by atoms with van der Waals surface area (Å²) >= 11 is 10.8. The van der Waals surface area contributed by atoms with E-state index in [1.807, 2.05) is 12.1 Å². The Bertz CT molecular complexity index is 596. The third kappa shape index (κ3) is 3.41. The standard InChI is InChI=1S/C15H13Br3O/c1-9-7-10(3-6-14(9)19-2)15(18)12-5-4-11(16)8-13(12)17/h3-8,15H,1-2H3. The summed E-state index contributed by atoms with van der Waals surface area (Å²) in [5, 5.41) is 0. The van der Waals surface area contributed by atoms with E-state index >= 15 is 0 Å². The van der Waals surface area contributed by atoms with Gasteiger partial charge in [-0.25, -0.2) is 0 Å². The van der Waals surface area contributed by atoms with E-state index in [1.165, 1.54) is 11.1 Å². The van der Waals surface area contributed by atoms with Gasteiger partial charge in [-0.2, -0.15) is 0 Å². The van der Waals surface area contributed by atoms with Gasteiger partial charge in [-0.05, 0) is 41.8 Å². The maximum atomic E-state index is 5.29. The van der Waals surface area contributed by atoms with Crippen LogP contribution in [0.5, 0.6) is 5.75 Å². The minimum absolute atomic E-state index is 0.152. The van der Waals surface area contributed by atoms with Gasteiger partial charge in [0.1, 0.15) is 5.75 Å². The molecule has 0 radical (unpaired) electrons. The molecule has 1 nitrogen and oxygen atoms in total. The molecule has 0 saturated carbocycles. The largest absolute Gasteiger partial charge is 0.496 e. The maximum Gasteiger partial charge on any atom is 0.121 e. The fourth-order valence-corrected chi connectivity index (χ4v) is 4.21. The Morgan fingerprint density at radius 3 is 2.37 bits per heavy atom. The first kappa shape index (κ1) is 15.1. The second-order valence-electron chi connectivity index (χ2n) is 4.26. The number of benzene rings is 2. The Labute approximate surface area is 138 Å². The highest BCUT2D eigenvalue weighted by Crippen LogP contribution is 2.37. The zero-order valence-electron chi connectivity index (χ0n) is 10.6. The van der Waals surface area contributed by atoms with Gasteiger partial charge < -0.3 is 4.74 Å². The second kappa shape index (κ2) is 6.42. The summed E-state index contributed by atoms with van der Waals surface area (Å²) in [4.78, 5) is 0.152. The minimum Gasteiger partial charge on any atom is -0.496 e. The minimum atomic E-state index is 0.152. The predicted molar refractivity (Wildman–Crippen MR) is 90.3 cm³/mol. The number of aryl methyl sites for hydroxylation is 1. The van der Waals surface area contributed by atoms with Crippen molar-refractivity contribution in [2.45, 2.75) is 11.8 Å². The Morgan fingerprint density at radius 1 is 1.05 bits per heavy atom. The van der Waals surface area contributed by atoms with Crippen LogP contribution in [-0.4, -0.2) is 7.11 Å². The molecule has 2 rings (SSSR count). The Kier molecular flexibility index (Phi) is 5.09. The van der Waals surface area contributed by atoms with Crippen molar-refractivity contribution in [1.29, 1.82) is 0 Å². The lowest BCUT2D eigenvalue weighted by molar-refractivity contribution is 0.411. The highest BCUT2D eigenvalue weighted by Gasteiger charge is 2.14. The number of hydrogen-bond donors (Lipinski definition) is 0. The van der Waals surface area contributed by atoms with Crippen LogP contribution in [-0.2, 0) is 0 Å². The Morgan fingerprint density at radius 2 is 1.79 bits per heavy atom. The first-order chi connectivity index (χ1) is 9.02. The van der Waals surface area contributed by atoms with E-state index in [4.69, 9.17) is 4.74 Å². The first-order valence-corrected chi connectivity index (χ1v) is 8.26. The molecule has 0 bridgehead atoms. The van der Waals surface area contributed by atoms with E-state index in [1.54, 1.807) is 7.11 Å². The summed E-state index contributed by atoms with van der Waals surface area (Å²) < 4.78 is 7.44. The molecule has 19 heavy (non-hydrogen) atoms. The molecule has 4 heteroatoms. The van der Waals surface area contributed by atoms with Crippen LogP contribution in [0.1, 0.15) is 21.5 Å². The van der Waals surface area contributed by atoms with Crippen molar-refractivity contribution in [1.82, 2.24) is 0 Å². The molecule has 0 fully saturated rings. The number of rotatable bonds is 3. The lowest BCUT2D eigenvalue weighted by Crippen LogP contribution is -1.96. The van der Waals surface area contributed by atoms with Gasteiger partial charge in [0, 0.05) is 8.95 Å². The van der Waals surface area contributed by atoms with Gasteiger partial charge in [0.25, 0.3) is 0 Å². The molecule has 0 N–H and O–H groups in total. The van der Waals surface area contributed by atoms with Crippen LogP contribution in [0.3, 0.4) is 0 Å². The molecular weight excluding hydrogens is 436 g/mol. The third-order valence-corrected chi connectivity index (χ3v) is 5.15. The Hall–Kier alpha value is -0.320. The maximum absolute atomic E-state index is 5.29. The van der Waals surface area contributed by atoms with E-state index < -0.39 is 0 Å². The van der Waals surface area contributed by atoms with Crippen molar-refractivity contribution >= 4 is 47.8 Å². The smallest absolute Gasteiger partial charge is 0.121 e. The van der Waals surface area contributed by atoms with Crippen LogP contribution >= 0.6 is 47.8 Å². The average molecular weight is 449 g/mol. The van der Waals surface area contributed by atoms with Gasteiger partial charge in [0.15, 0.2) is 0 Å². The number of ether oxygens (including phenoxy) is 1. The van der Waals surface area contributed by atoms with E-state index in [0.717, 1.165) is 20.3 Å². The van der Waals surface area contributed by atoms with Crippen LogP contribution in [0.15, 0.2) is 45.3 Å². The van der Waals surface area contributed by atoms with Crippen LogP contribution in [0.4, 0.5) is 0 Å². The van der Waals surface area contributed by atoms with Crippen molar-refractivity contribution in [2.24, 2.45) is 0 Å². The molecule has 0 aliphatic rings. The number of hydrogen-bond acceptors (Lipinski definition) is 1.